The Labute approximate surface area is 83.7 Å². The lowest BCUT2D eigenvalue weighted by Crippen LogP contribution is -2.23. The molecule has 3 N–H and O–H groups in total. The summed E-state index contributed by atoms with van der Waals surface area (Å²) in [6, 6.07) is 3.18. The van der Waals surface area contributed by atoms with Crippen LogP contribution in [0.25, 0.3) is 0 Å². The van der Waals surface area contributed by atoms with Crippen LogP contribution in [0.3, 0.4) is 0 Å². The first-order chi connectivity index (χ1) is 6.65. The van der Waals surface area contributed by atoms with Crippen molar-refractivity contribution in [3.8, 4) is 5.88 Å². The summed E-state index contributed by atoms with van der Waals surface area (Å²) in [5.41, 5.74) is 6.54. The van der Waals surface area contributed by atoms with Crippen LogP contribution in [0.5, 0.6) is 5.88 Å². The average molecular weight is 196 g/mol. The normalized spacial score (nSPS) is 14.9. The molecule has 0 aliphatic rings. The zero-order valence-electron chi connectivity index (χ0n) is 8.47. The minimum Gasteiger partial charge on any atom is -0.478 e. The summed E-state index contributed by atoms with van der Waals surface area (Å²) < 4.78 is 5.19. The highest BCUT2D eigenvalue weighted by atomic mass is 16.5. The minimum atomic E-state index is -0.574. The molecule has 1 rings (SSSR count). The van der Waals surface area contributed by atoms with Crippen molar-refractivity contribution in [2.24, 2.45) is 5.73 Å². The molecule has 4 nitrogen and oxygen atoms in total. The summed E-state index contributed by atoms with van der Waals surface area (Å²) in [7, 11) is 0. The molecule has 0 saturated heterocycles. The molecule has 0 amide bonds. The van der Waals surface area contributed by atoms with Crippen LogP contribution in [0.1, 0.15) is 25.5 Å². The predicted octanol–water partition coefficient (Wildman–Crippen LogP) is 0.861. The van der Waals surface area contributed by atoms with Crippen LogP contribution in [0.2, 0.25) is 0 Å². The Morgan fingerprint density at radius 1 is 1.57 bits per heavy atom. The Bertz CT molecular complexity index is 272. The van der Waals surface area contributed by atoms with E-state index in [1.807, 2.05) is 13.0 Å². The second-order valence-electron chi connectivity index (χ2n) is 3.13. The summed E-state index contributed by atoms with van der Waals surface area (Å²) in [5.74, 6) is 0.578. The molecule has 14 heavy (non-hydrogen) atoms. The molecular weight excluding hydrogens is 180 g/mol. The van der Waals surface area contributed by atoms with Gasteiger partial charge >= 0.3 is 0 Å². The van der Waals surface area contributed by atoms with Crippen molar-refractivity contribution in [2.75, 3.05) is 6.61 Å². The average Bonchev–Trinajstić information content (AvgIpc) is 2.18. The maximum atomic E-state index is 9.26. The van der Waals surface area contributed by atoms with E-state index in [0.717, 1.165) is 5.56 Å². The Morgan fingerprint density at radius 3 is 2.71 bits per heavy atom. The molecule has 78 valence electrons. The van der Waals surface area contributed by atoms with Crippen LogP contribution in [0, 0.1) is 0 Å². The van der Waals surface area contributed by atoms with Gasteiger partial charge in [-0.05, 0) is 19.4 Å². The van der Waals surface area contributed by atoms with E-state index in [0.29, 0.717) is 12.5 Å². The molecule has 0 aromatic carbocycles. The minimum absolute atomic E-state index is 0.391. The second kappa shape index (κ2) is 4.93. The fraction of sp³-hybridized carbons (Fsp3) is 0.500. The van der Waals surface area contributed by atoms with E-state index >= 15 is 0 Å². The van der Waals surface area contributed by atoms with Crippen molar-refractivity contribution in [2.45, 2.75) is 26.0 Å². The molecule has 4 heteroatoms. The zero-order valence-corrected chi connectivity index (χ0v) is 8.47. The maximum absolute atomic E-state index is 9.26. The van der Waals surface area contributed by atoms with Crippen LogP contribution in [-0.2, 0) is 0 Å². The van der Waals surface area contributed by atoms with Gasteiger partial charge in [-0.15, -0.1) is 0 Å². The van der Waals surface area contributed by atoms with Gasteiger partial charge in [0.1, 0.15) is 0 Å². The van der Waals surface area contributed by atoms with E-state index < -0.39 is 12.1 Å². The largest absolute Gasteiger partial charge is 0.478 e. The zero-order chi connectivity index (χ0) is 10.6. The van der Waals surface area contributed by atoms with Crippen LogP contribution in [0.15, 0.2) is 18.3 Å². The number of pyridine rings is 1. The Balaban J connectivity index is 2.72. The number of ether oxygens (including phenoxy) is 1. The molecule has 2 atom stereocenters. The molecule has 0 bridgehead atoms. The highest BCUT2D eigenvalue weighted by Crippen LogP contribution is 2.15. The van der Waals surface area contributed by atoms with Gasteiger partial charge in [-0.25, -0.2) is 4.98 Å². The fourth-order valence-electron chi connectivity index (χ4n) is 1.10. The van der Waals surface area contributed by atoms with Crippen LogP contribution >= 0.6 is 0 Å². The highest BCUT2D eigenvalue weighted by molar-refractivity contribution is 5.21. The molecule has 0 radical (unpaired) electrons. The first-order valence-electron chi connectivity index (χ1n) is 4.67. The molecule has 1 aromatic rings. The Morgan fingerprint density at radius 2 is 2.29 bits per heavy atom. The molecule has 0 spiro atoms. The highest BCUT2D eigenvalue weighted by Gasteiger charge is 2.11. The fourth-order valence-corrected chi connectivity index (χ4v) is 1.10. The third-order valence-corrected chi connectivity index (χ3v) is 1.96. The molecule has 0 aliphatic carbocycles. The third kappa shape index (κ3) is 2.68. The molecule has 0 unspecified atom stereocenters. The quantitative estimate of drug-likeness (QED) is 0.749. The van der Waals surface area contributed by atoms with Crippen LogP contribution in [-0.4, -0.2) is 22.8 Å². The molecule has 0 saturated carbocycles. The van der Waals surface area contributed by atoms with Gasteiger partial charge < -0.3 is 15.6 Å². The lowest BCUT2D eigenvalue weighted by molar-refractivity contribution is 0.164. The molecule has 0 fully saturated rings. The van der Waals surface area contributed by atoms with Crippen molar-refractivity contribution in [3.05, 3.63) is 23.9 Å². The summed E-state index contributed by atoms with van der Waals surface area (Å²) in [4.78, 5) is 4.06. The number of rotatable bonds is 4. The summed E-state index contributed by atoms with van der Waals surface area (Å²) >= 11 is 0. The standard InChI is InChI=1S/C10H16N2O2/c1-3-14-9-5-4-8(6-12-9)10(11)7(2)13/h4-7,10,13H,3,11H2,1-2H3/t7-,10+/m0/s1. The van der Waals surface area contributed by atoms with Crippen molar-refractivity contribution in [3.63, 3.8) is 0 Å². The molecule has 1 heterocycles. The summed E-state index contributed by atoms with van der Waals surface area (Å²) in [6.07, 6.45) is 1.05. The van der Waals surface area contributed by atoms with E-state index in [1.165, 1.54) is 0 Å². The Kier molecular flexibility index (Phi) is 3.85. The van der Waals surface area contributed by atoms with Crippen molar-refractivity contribution in [1.82, 2.24) is 4.98 Å². The van der Waals surface area contributed by atoms with Crippen molar-refractivity contribution < 1.29 is 9.84 Å². The first-order valence-corrected chi connectivity index (χ1v) is 4.67. The summed E-state index contributed by atoms with van der Waals surface area (Å²) in [5, 5.41) is 9.26. The van der Waals surface area contributed by atoms with E-state index in [-0.39, 0.29) is 0 Å². The first kappa shape index (κ1) is 10.9. The van der Waals surface area contributed by atoms with E-state index in [2.05, 4.69) is 4.98 Å². The van der Waals surface area contributed by atoms with Crippen LogP contribution in [0.4, 0.5) is 0 Å². The Hall–Kier alpha value is -1.13. The molecule has 1 aromatic heterocycles. The van der Waals surface area contributed by atoms with Gasteiger partial charge in [-0.1, -0.05) is 6.07 Å². The van der Waals surface area contributed by atoms with Crippen LogP contribution < -0.4 is 10.5 Å². The second-order valence-corrected chi connectivity index (χ2v) is 3.13. The lowest BCUT2D eigenvalue weighted by atomic mass is 10.1. The molecule has 0 aliphatic heterocycles. The SMILES string of the molecule is CCOc1ccc([C@H](N)[C@H](C)O)cn1. The van der Waals surface area contributed by atoms with E-state index in [4.69, 9.17) is 10.5 Å². The molecular formula is C10H16N2O2. The monoisotopic (exact) mass is 196 g/mol. The van der Waals surface area contributed by atoms with Gasteiger partial charge in [0.05, 0.1) is 18.8 Å². The van der Waals surface area contributed by atoms with E-state index in [9.17, 15) is 5.11 Å². The number of hydrogen-bond donors (Lipinski definition) is 2. The van der Waals surface area contributed by atoms with Gasteiger partial charge in [-0.2, -0.15) is 0 Å². The van der Waals surface area contributed by atoms with Crippen molar-refractivity contribution >= 4 is 0 Å². The number of hydrogen-bond acceptors (Lipinski definition) is 4. The van der Waals surface area contributed by atoms with Crippen molar-refractivity contribution in [1.29, 1.82) is 0 Å². The number of nitrogens with two attached hydrogens (primary N) is 1. The van der Waals surface area contributed by atoms with Gasteiger partial charge in [-0.3, -0.25) is 0 Å². The lowest BCUT2D eigenvalue weighted by Gasteiger charge is -2.14. The number of aliphatic hydroxyl groups excluding tert-OH is 1. The number of nitrogens with zero attached hydrogens (tertiary/aromatic N) is 1. The van der Waals surface area contributed by atoms with Gasteiger partial charge in [0.25, 0.3) is 0 Å². The number of aliphatic hydroxyl groups is 1. The maximum Gasteiger partial charge on any atom is 0.213 e. The van der Waals surface area contributed by atoms with Gasteiger partial charge in [0.15, 0.2) is 0 Å². The van der Waals surface area contributed by atoms with Gasteiger partial charge in [0.2, 0.25) is 5.88 Å². The number of aromatic nitrogens is 1. The summed E-state index contributed by atoms with van der Waals surface area (Å²) in [6.45, 7) is 4.15. The smallest absolute Gasteiger partial charge is 0.213 e. The topological polar surface area (TPSA) is 68.4 Å². The third-order valence-electron chi connectivity index (χ3n) is 1.96. The van der Waals surface area contributed by atoms with E-state index in [1.54, 1.807) is 19.2 Å². The predicted molar refractivity (Wildman–Crippen MR) is 54.0 cm³/mol. The van der Waals surface area contributed by atoms with Gasteiger partial charge in [0, 0.05) is 12.3 Å².